The first-order valence-electron chi connectivity index (χ1n) is 6.40. The summed E-state index contributed by atoms with van der Waals surface area (Å²) in [6.45, 7) is 1.93. The molecular weight excluding hydrogens is 344 g/mol. The fourth-order valence-electron chi connectivity index (χ4n) is 2.16. The van der Waals surface area contributed by atoms with Crippen LogP contribution in [0, 0.1) is 5.92 Å². The zero-order valence-corrected chi connectivity index (χ0v) is 14.2. The quantitative estimate of drug-likeness (QED) is 0.816. The van der Waals surface area contributed by atoms with E-state index >= 15 is 0 Å². The third kappa shape index (κ3) is 2.80. The fourth-order valence-corrected chi connectivity index (χ4v) is 4.08. The van der Waals surface area contributed by atoms with Crippen LogP contribution in [0.5, 0.6) is 5.75 Å². The van der Waals surface area contributed by atoms with Gasteiger partial charge >= 0.3 is 0 Å². The molecule has 1 unspecified atom stereocenters. The lowest BCUT2D eigenvalue weighted by Gasteiger charge is -2.25. The highest BCUT2D eigenvalue weighted by atomic mass is 79.9. The number of ether oxygens (including phenoxy) is 1. The molecule has 1 aromatic carbocycles. The van der Waals surface area contributed by atoms with E-state index in [4.69, 9.17) is 10.5 Å². The smallest absolute Gasteiger partial charge is 0.246 e. The predicted molar refractivity (Wildman–Crippen MR) is 82.2 cm³/mol. The van der Waals surface area contributed by atoms with E-state index in [1.165, 1.54) is 17.5 Å². The maximum absolute atomic E-state index is 12.7. The summed E-state index contributed by atoms with van der Waals surface area (Å²) >= 11 is 3.27. The summed E-state index contributed by atoms with van der Waals surface area (Å²) in [5, 5.41) is 0. The Bertz CT molecular complexity index is 614. The molecule has 1 atom stereocenters. The van der Waals surface area contributed by atoms with Crippen LogP contribution in [-0.4, -0.2) is 32.9 Å². The molecule has 2 rings (SSSR count). The molecule has 1 aliphatic carbocycles. The van der Waals surface area contributed by atoms with Crippen LogP contribution < -0.4 is 10.5 Å². The average molecular weight is 363 g/mol. The Morgan fingerprint density at radius 3 is 2.55 bits per heavy atom. The Morgan fingerprint density at radius 2 is 2.05 bits per heavy atom. The molecule has 0 aromatic heterocycles. The monoisotopic (exact) mass is 362 g/mol. The number of halogens is 1. The van der Waals surface area contributed by atoms with Gasteiger partial charge in [0.05, 0.1) is 7.11 Å². The number of nitrogens with zero attached hydrogens (tertiary/aromatic N) is 1. The van der Waals surface area contributed by atoms with Crippen molar-refractivity contribution in [2.45, 2.75) is 30.7 Å². The van der Waals surface area contributed by atoms with Gasteiger partial charge in [0.2, 0.25) is 10.0 Å². The molecule has 112 valence electrons. The first-order chi connectivity index (χ1) is 9.28. The Kier molecular flexibility index (Phi) is 4.32. The lowest BCUT2D eigenvalue weighted by atomic mass is 10.2. The van der Waals surface area contributed by atoms with E-state index in [2.05, 4.69) is 15.9 Å². The topological polar surface area (TPSA) is 72.6 Å². The number of anilines is 1. The highest BCUT2D eigenvalue weighted by Gasteiger charge is 2.37. The zero-order valence-electron chi connectivity index (χ0n) is 11.8. The third-order valence-corrected chi connectivity index (χ3v) is 6.47. The van der Waals surface area contributed by atoms with E-state index in [1.54, 1.807) is 13.1 Å². The standard InChI is InChI=1S/C13H19BrN2O3S/c1-8(9-4-5-9)16(2)20(17,18)13-7-11(15)10(14)6-12(13)19-3/h6-9H,4-5,15H2,1-3H3. The van der Waals surface area contributed by atoms with Crippen molar-refractivity contribution in [2.24, 2.45) is 5.92 Å². The second kappa shape index (κ2) is 5.54. The van der Waals surface area contributed by atoms with Gasteiger partial charge in [0, 0.05) is 23.2 Å². The van der Waals surface area contributed by atoms with E-state index in [9.17, 15) is 8.42 Å². The molecule has 5 nitrogen and oxygen atoms in total. The Hall–Kier alpha value is -0.790. The molecular formula is C13H19BrN2O3S. The minimum atomic E-state index is -3.62. The molecule has 0 radical (unpaired) electrons. The molecule has 0 spiro atoms. The van der Waals surface area contributed by atoms with Crippen LogP contribution in [0.25, 0.3) is 0 Å². The number of sulfonamides is 1. The molecule has 0 aliphatic heterocycles. The minimum absolute atomic E-state index is 0.0189. The van der Waals surface area contributed by atoms with Crippen molar-refractivity contribution < 1.29 is 13.2 Å². The maximum atomic E-state index is 12.7. The molecule has 1 saturated carbocycles. The van der Waals surface area contributed by atoms with E-state index in [1.807, 2.05) is 6.92 Å². The summed E-state index contributed by atoms with van der Waals surface area (Å²) in [6, 6.07) is 3.00. The van der Waals surface area contributed by atoms with E-state index < -0.39 is 10.0 Å². The van der Waals surface area contributed by atoms with Crippen molar-refractivity contribution in [1.29, 1.82) is 0 Å². The molecule has 1 fully saturated rings. The van der Waals surface area contributed by atoms with Gasteiger partial charge in [-0.25, -0.2) is 8.42 Å². The molecule has 0 bridgehead atoms. The largest absolute Gasteiger partial charge is 0.495 e. The second-order valence-corrected chi connectivity index (χ2v) is 7.94. The number of methoxy groups -OCH3 is 1. The first-order valence-corrected chi connectivity index (χ1v) is 8.63. The van der Waals surface area contributed by atoms with E-state index in [0.29, 0.717) is 21.8 Å². The van der Waals surface area contributed by atoms with Crippen LogP contribution in [0.1, 0.15) is 19.8 Å². The van der Waals surface area contributed by atoms with Gasteiger partial charge in [-0.1, -0.05) is 0 Å². The predicted octanol–water partition coefficient (Wildman–Crippen LogP) is 2.46. The van der Waals surface area contributed by atoms with Crippen LogP contribution in [0.15, 0.2) is 21.5 Å². The Balaban J connectivity index is 2.45. The van der Waals surface area contributed by atoms with Gasteiger partial charge in [0.1, 0.15) is 10.6 Å². The van der Waals surface area contributed by atoms with Crippen LogP contribution in [0.4, 0.5) is 5.69 Å². The van der Waals surface area contributed by atoms with Gasteiger partial charge in [-0.15, -0.1) is 0 Å². The van der Waals surface area contributed by atoms with Crippen LogP contribution >= 0.6 is 15.9 Å². The summed E-state index contributed by atoms with van der Waals surface area (Å²) in [4.78, 5) is 0.107. The summed E-state index contributed by atoms with van der Waals surface area (Å²) < 4.78 is 32.7. The highest BCUT2D eigenvalue weighted by Crippen LogP contribution is 2.39. The first kappa shape index (κ1) is 15.6. The minimum Gasteiger partial charge on any atom is -0.495 e. The van der Waals surface area contributed by atoms with Gasteiger partial charge in [0.25, 0.3) is 0 Å². The van der Waals surface area contributed by atoms with Crippen molar-refractivity contribution in [3.8, 4) is 5.75 Å². The van der Waals surface area contributed by atoms with Crippen molar-refractivity contribution in [3.05, 3.63) is 16.6 Å². The Morgan fingerprint density at radius 1 is 1.45 bits per heavy atom. The second-order valence-electron chi connectivity index (χ2n) is 5.12. The summed E-state index contributed by atoms with van der Waals surface area (Å²) in [5.41, 5.74) is 6.18. The maximum Gasteiger partial charge on any atom is 0.246 e. The van der Waals surface area contributed by atoms with Crippen molar-refractivity contribution in [3.63, 3.8) is 0 Å². The number of hydrogen-bond donors (Lipinski definition) is 1. The van der Waals surface area contributed by atoms with Crippen LogP contribution in [0.3, 0.4) is 0 Å². The van der Waals surface area contributed by atoms with E-state index in [-0.39, 0.29) is 10.9 Å². The third-order valence-electron chi connectivity index (χ3n) is 3.82. The molecule has 0 heterocycles. The molecule has 7 heteroatoms. The number of rotatable bonds is 5. The van der Waals surface area contributed by atoms with Crippen LogP contribution in [-0.2, 0) is 10.0 Å². The van der Waals surface area contributed by atoms with Gasteiger partial charge in [-0.05, 0) is 53.7 Å². The fraction of sp³-hybridized carbons (Fsp3) is 0.538. The van der Waals surface area contributed by atoms with Crippen molar-refractivity contribution in [2.75, 3.05) is 19.9 Å². The molecule has 0 saturated heterocycles. The van der Waals surface area contributed by atoms with Crippen molar-refractivity contribution in [1.82, 2.24) is 4.31 Å². The summed E-state index contributed by atoms with van der Waals surface area (Å²) in [7, 11) is -0.565. The molecule has 0 amide bonds. The van der Waals surface area contributed by atoms with Crippen molar-refractivity contribution >= 4 is 31.6 Å². The zero-order chi connectivity index (χ0) is 15.1. The number of hydrogen-bond acceptors (Lipinski definition) is 4. The normalized spacial score (nSPS) is 17.2. The summed E-state index contributed by atoms with van der Waals surface area (Å²) in [6.07, 6.45) is 2.17. The number of nitrogen functional groups attached to an aromatic ring is 1. The molecule has 2 N–H and O–H groups in total. The van der Waals surface area contributed by atoms with Gasteiger partial charge in [-0.3, -0.25) is 0 Å². The Labute approximate surface area is 128 Å². The molecule has 20 heavy (non-hydrogen) atoms. The van der Waals surface area contributed by atoms with Gasteiger partial charge in [0.15, 0.2) is 0 Å². The van der Waals surface area contributed by atoms with Crippen LogP contribution in [0.2, 0.25) is 0 Å². The van der Waals surface area contributed by atoms with Gasteiger partial charge in [-0.2, -0.15) is 4.31 Å². The molecule has 1 aliphatic rings. The summed E-state index contributed by atoms with van der Waals surface area (Å²) in [5.74, 6) is 0.745. The number of benzene rings is 1. The lowest BCUT2D eigenvalue weighted by molar-refractivity contribution is 0.352. The highest BCUT2D eigenvalue weighted by molar-refractivity contribution is 9.10. The lowest BCUT2D eigenvalue weighted by Crippen LogP contribution is -2.36. The van der Waals surface area contributed by atoms with E-state index in [0.717, 1.165) is 12.8 Å². The SMILES string of the molecule is COc1cc(Br)c(N)cc1S(=O)(=O)N(C)C(C)C1CC1. The number of nitrogens with two attached hydrogens (primary N) is 1. The average Bonchev–Trinajstić information content (AvgIpc) is 3.23. The molecule has 1 aromatic rings. The van der Waals surface area contributed by atoms with Gasteiger partial charge < -0.3 is 10.5 Å².